The van der Waals surface area contributed by atoms with Crippen LogP contribution in [-0.2, 0) is 6.54 Å². The minimum Gasteiger partial charge on any atom is -0.356 e. The van der Waals surface area contributed by atoms with Gasteiger partial charge in [-0.15, -0.1) is 0 Å². The summed E-state index contributed by atoms with van der Waals surface area (Å²) in [6.07, 6.45) is 3.00. The van der Waals surface area contributed by atoms with Gasteiger partial charge in [-0.2, -0.15) is 0 Å². The molecule has 106 valence electrons. The first-order chi connectivity index (χ1) is 8.87. The molecule has 1 aromatic rings. The SMILES string of the molecule is CC(C)NCc1cc(N2CCC(C)(C)C2)ncc1Cl. The maximum Gasteiger partial charge on any atom is 0.128 e. The molecule has 4 heteroatoms. The Morgan fingerprint density at radius 1 is 1.47 bits per heavy atom. The van der Waals surface area contributed by atoms with Gasteiger partial charge in [0.05, 0.1) is 5.02 Å². The average Bonchev–Trinajstić information content (AvgIpc) is 2.68. The summed E-state index contributed by atoms with van der Waals surface area (Å²) >= 11 is 6.22. The van der Waals surface area contributed by atoms with Crippen LogP contribution in [0.15, 0.2) is 12.3 Å². The van der Waals surface area contributed by atoms with Crippen molar-refractivity contribution in [3.63, 3.8) is 0 Å². The highest BCUT2D eigenvalue weighted by Gasteiger charge is 2.30. The van der Waals surface area contributed by atoms with E-state index in [0.717, 1.165) is 36.0 Å². The van der Waals surface area contributed by atoms with Crippen LogP contribution in [0, 0.1) is 5.41 Å². The fourth-order valence-corrected chi connectivity index (χ4v) is 2.57. The fourth-order valence-electron chi connectivity index (χ4n) is 2.40. The standard InChI is InChI=1S/C15H24ClN3/c1-11(2)17-8-12-7-14(18-9-13(12)16)19-6-5-15(3,4)10-19/h7,9,11,17H,5-6,8,10H2,1-4H3. The van der Waals surface area contributed by atoms with Gasteiger partial charge in [0, 0.05) is 31.9 Å². The van der Waals surface area contributed by atoms with Crippen LogP contribution in [0.5, 0.6) is 0 Å². The normalized spacial score (nSPS) is 18.3. The first-order valence-electron chi connectivity index (χ1n) is 7.00. The Hall–Kier alpha value is -0.800. The van der Waals surface area contributed by atoms with E-state index in [0.29, 0.717) is 11.5 Å². The summed E-state index contributed by atoms with van der Waals surface area (Å²) in [5, 5.41) is 4.15. The number of hydrogen-bond acceptors (Lipinski definition) is 3. The molecule has 0 saturated carbocycles. The molecule has 1 N–H and O–H groups in total. The number of hydrogen-bond donors (Lipinski definition) is 1. The number of pyridine rings is 1. The molecule has 0 atom stereocenters. The quantitative estimate of drug-likeness (QED) is 0.916. The Labute approximate surface area is 121 Å². The van der Waals surface area contributed by atoms with E-state index in [1.54, 1.807) is 6.20 Å². The highest BCUT2D eigenvalue weighted by molar-refractivity contribution is 6.31. The largest absolute Gasteiger partial charge is 0.356 e. The smallest absolute Gasteiger partial charge is 0.128 e. The first-order valence-corrected chi connectivity index (χ1v) is 7.38. The molecular weight excluding hydrogens is 258 g/mol. The third-order valence-electron chi connectivity index (χ3n) is 3.62. The average molecular weight is 282 g/mol. The number of rotatable bonds is 4. The summed E-state index contributed by atoms with van der Waals surface area (Å²) in [7, 11) is 0. The molecule has 3 nitrogen and oxygen atoms in total. The highest BCUT2D eigenvalue weighted by Crippen LogP contribution is 2.32. The van der Waals surface area contributed by atoms with Crippen LogP contribution in [0.3, 0.4) is 0 Å². The second-order valence-electron chi connectivity index (χ2n) is 6.51. The Morgan fingerprint density at radius 2 is 2.21 bits per heavy atom. The number of aromatic nitrogens is 1. The van der Waals surface area contributed by atoms with Crippen molar-refractivity contribution >= 4 is 17.4 Å². The third-order valence-corrected chi connectivity index (χ3v) is 3.96. The number of anilines is 1. The van der Waals surface area contributed by atoms with Gasteiger partial charge < -0.3 is 10.2 Å². The third kappa shape index (κ3) is 3.83. The fraction of sp³-hybridized carbons (Fsp3) is 0.667. The van der Waals surface area contributed by atoms with E-state index < -0.39 is 0 Å². The van der Waals surface area contributed by atoms with Crippen molar-refractivity contribution in [2.75, 3.05) is 18.0 Å². The van der Waals surface area contributed by atoms with Gasteiger partial charge in [-0.1, -0.05) is 39.3 Å². The van der Waals surface area contributed by atoms with Crippen LogP contribution < -0.4 is 10.2 Å². The molecule has 0 bridgehead atoms. The molecule has 1 aliphatic heterocycles. The molecule has 0 unspecified atom stereocenters. The molecule has 0 spiro atoms. The van der Waals surface area contributed by atoms with Gasteiger partial charge >= 0.3 is 0 Å². The minimum atomic E-state index is 0.387. The molecule has 2 rings (SSSR count). The van der Waals surface area contributed by atoms with Crippen molar-refractivity contribution in [3.8, 4) is 0 Å². The van der Waals surface area contributed by atoms with Crippen LogP contribution in [0.4, 0.5) is 5.82 Å². The molecule has 0 radical (unpaired) electrons. The van der Waals surface area contributed by atoms with Gasteiger partial charge in [-0.05, 0) is 23.5 Å². The predicted molar refractivity (Wildman–Crippen MR) is 81.8 cm³/mol. The lowest BCUT2D eigenvalue weighted by Crippen LogP contribution is -2.25. The van der Waals surface area contributed by atoms with Crippen molar-refractivity contribution in [2.45, 2.75) is 46.7 Å². The van der Waals surface area contributed by atoms with E-state index in [2.05, 4.69) is 49.0 Å². The number of nitrogens with zero attached hydrogens (tertiary/aromatic N) is 2. The van der Waals surface area contributed by atoms with Crippen LogP contribution in [0.2, 0.25) is 5.02 Å². The van der Waals surface area contributed by atoms with Gasteiger partial charge in [0.25, 0.3) is 0 Å². The summed E-state index contributed by atoms with van der Waals surface area (Å²) < 4.78 is 0. The van der Waals surface area contributed by atoms with Gasteiger partial charge in [-0.3, -0.25) is 0 Å². The van der Waals surface area contributed by atoms with Crippen LogP contribution in [-0.4, -0.2) is 24.1 Å². The van der Waals surface area contributed by atoms with E-state index in [9.17, 15) is 0 Å². The molecular formula is C15H24ClN3. The molecule has 0 aliphatic carbocycles. The van der Waals surface area contributed by atoms with Gasteiger partial charge in [-0.25, -0.2) is 4.98 Å². The van der Waals surface area contributed by atoms with E-state index >= 15 is 0 Å². The van der Waals surface area contributed by atoms with Gasteiger partial charge in [0.1, 0.15) is 5.82 Å². The van der Waals surface area contributed by atoms with Gasteiger partial charge in [0.15, 0.2) is 0 Å². The summed E-state index contributed by atoms with van der Waals surface area (Å²) in [5.74, 6) is 1.05. The van der Waals surface area contributed by atoms with Crippen molar-refractivity contribution < 1.29 is 0 Å². The monoisotopic (exact) mass is 281 g/mol. The lowest BCUT2D eigenvalue weighted by atomic mass is 9.93. The molecule has 19 heavy (non-hydrogen) atoms. The Bertz CT molecular complexity index is 443. The molecule has 1 saturated heterocycles. The molecule has 1 aromatic heterocycles. The summed E-state index contributed by atoms with van der Waals surface area (Å²) in [5.41, 5.74) is 1.52. The van der Waals surface area contributed by atoms with E-state index in [4.69, 9.17) is 11.6 Å². The van der Waals surface area contributed by atoms with Crippen molar-refractivity contribution in [3.05, 3.63) is 22.8 Å². The van der Waals surface area contributed by atoms with Crippen molar-refractivity contribution in [1.29, 1.82) is 0 Å². The second-order valence-corrected chi connectivity index (χ2v) is 6.91. The zero-order valence-corrected chi connectivity index (χ0v) is 13.1. The molecule has 0 amide bonds. The zero-order valence-electron chi connectivity index (χ0n) is 12.3. The lowest BCUT2D eigenvalue weighted by Gasteiger charge is -2.21. The van der Waals surface area contributed by atoms with Gasteiger partial charge in [0.2, 0.25) is 0 Å². The number of halogens is 1. The molecule has 1 fully saturated rings. The Balaban J connectivity index is 2.12. The van der Waals surface area contributed by atoms with Crippen molar-refractivity contribution in [1.82, 2.24) is 10.3 Å². The zero-order chi connectivity index (χ0) is 14.0. The topological polar surface area (TPSA) is 28.2 Å². The van der Waals surface area contributed by atoms with Crippen LogP contribution in [0.1, 0.15) is 39.7 Å². The summed E-state index contributed by atoms with van der Waals surface area (Å²) in [6, 6.07) is 2.58. The molecule has 1 aliphatic rings. The predicted octanol–water partition coefficient (Wildman–Crippen LogP) is 3.47. The summed E-state index contributed by atoms with van der Waals surface area (Å²) in [4.78, 5) is 6.84. The second kappa shape index (κ2) is 5.68. The van der Waals surface area contributed by atoms with E-state index in [1.807, 2.05) is 0 Å². The lowest BCUT2D eigenvalue weighted by molar-refractivity contribution is 0.418. The Morgan fingerprint density at radius 3 is 2.79 bits per heavy atom. The molecule has 2 heterocycles. The maximum absolute atomic E-state index is 6.22. The Kier molecular flexibility index (Phi) is 4.36. The van der Waals surface area contributed by atoms with Crippen LogP contribution in [0.25, 0.3) is 0 Å². The van der Waals surface area contributed by atoms with E-state index in [-0.39, 0.29) is 0 Å². The van der Waals surface area contributed by atoms with Crippen LogP contribution >= 0.6 is 11.6 Å². The number of nitrogens with one attached hydrogen (secondary N) is 1. The van der Waals surface area contributed by atoms with E-state index in [1.165, 1.54) is 6.42 Å². The molecule has 0 aromatic carbocycles. The van der Waals surface area contributed by atoms with Crippen molar-refractivity contribution in [2.24, 2.45) is 5.41 Å². The highest BCUT2D eigenvalue weighted by atomic mass is 35.5. The maximum atomic E-state index is 6.22. The summed E-state index contributed by atoms with van der Waals surface area (Å²) in [6.45, 7) is 11.8. The minimum absolute atomic E-state index is 0.387. The first kappa shape index (κ1) is 14.6.